The SMILES string of the molecule is Cc1cc(Nc2c(F)cccc2F)nc(Nc2ccc(F)c(Cl)c2)n1. The van der Waals surface area contributed by atoms with Crippen molar-refractivity contribution in [3.8, 4) is 0 Å². The highest BCUT2D eigenvalue weighted by Gasteiger charge is 2.11. The molecule has 0 fully saturated rings. The van der Waals surface area contributed by atoms with Gasteiger partial charge in [0.2, 0.25) is 5.95 Å². The van der Waals surface area contributed by atoms with Crippen molar-refractivity contribution >= 4 is 34.7 Å². The van der Waals surface area contributed by atoms with Crippen LogP contribution in [0.2, 0.25) is 5.02 Å². The number of halogens is 4. The van der Waals surface area contributed by atoms with Crippen molar-refractivity contribution in [3.05, 3.63) is 70.6 Å². The molecule has 2 N–H and O–H groups in total. The molecule has 0 radical (unpaired) electrons. The van der Waals surface area contributed by atoms with Crippen molar-refractivity contribution in [2.75, 3.05) is 10.6 Å². The number of rotatable bonds is 4. The van der Waals surface area contributed by atoms with Gasteiger partial charge in [0.1, 0.15) is 29.0 Å². The molecule has 2 aromatic carbocycles. The number of hydrogen-bond acceptors (Lipinski definition) is 4. The molecule has 1 heterocycles. The van der Waals surface area contributed by atoms with E-state index < -0.39 is 17.5 Å². The zero-order chi connectivity index (χ0) is 18.0. The third kappa shape index (κ3) is 4.00. The van der Waals surface area contributed by atoms with Crippen LogP contribution in [0.3, 0.4) is 0 Å². The molecule has 0 aliphatic carbocycles. The highest BCUT2D eigenvalue weighted by molar-refractivity contribution is 6.31. The van der Waals surface area contributed by atoms with Crippen LogP contribution in [0.1, 0.15) is 5.69 Å². The third-order valence-corrected chi connectivity index (χ3v) is 3.54. The molecule has 0 saturated heterocycles. The summed E-state index contributed by atoms with van der Waals surface area (Å²) in [5, 5.41) is 5.42. The van der Waals surface area contributed by atoms with Crippen LogP contribution in [0.5, 0.6) is 0 Å². The Balaban J connectivity index is 1.89. The van der Waals surface area contributed by atoms with Gasteiger partial charge in [-0.25, -0.2) is 18.2 Å². The Kier molecular flexibility index (Phi) is 4.76. The van der Waals surface area contributed by atoms with Crippen molar-refractivity contribution in [1.82, 2.24) is 9.97 Å². The van der Waals surface area contributed by atoms with Crippen LogP contribution < -0.4 is 10.6 Å². The molecule has 128 valence electrons. The molecule has 0 atom stereocenters. The Labute approximate surface area is 146 Å². The van der Waals surface area contributed by atoms with E-state index in [0.717, 1.165) is 12.1 Å². The van der Waals surface area contributed by atoms with Gasteiger partial charge in [0.25, 0.3) is 0 Å². The van der Waals surface area contributed by atoms with E-state index in [2.05, 4.69) is 20.6 Å². The van der Waals surface area contributed by atoms with E-state index >= 15 is 0 Å². The average molecular weight is 365 g/mol. The number of nitrogens with one attached hydrogen (secondary N) is 2. The first-order valence-electron chi connectivity index (χ1n) is 7.21. The first-order valence-corrected chi connectivity index (χ1v) is 7.59. The number of hydrogen-bond donors (Lipinski definition) is 2. The summed E-state index contributed by atoms with van der Waals surface area (Å²) >= 11 is 5.73. The molecule has 0 amide bonds. The first kappa shape index (κ1) is 17.0. The van der Waals surface area contributed by atoms with E-state index in [1.807, 2.05) is 0 Å². The fourth-order valence-electron chi connectivity index (χ4n) is 2.14. The van der Waals surface area contributed by atoms with Crippen LogP contribution in [0.15, 0.2) is 42.5 Å². The van der Waals surface area contributed by atoms with E-state index in [-0.39, 0.29) is 22.5 Å². The van der Waals surface area contributed by atoms with Gasteiger partial charge in [-0.05, 0) is 37.3 Å². The second-order valence-corrected chi connectivity index (χ2v) is 5.60. The summed E-state index contributed by atoms with van der Waals surface area (Å²) in [6.07, 6.45) is 0. The Morgan fingerprint density at radius 3 is 2.28 bits per heavy atom. The Hall–Kier alpha value is -2.80. The molecule has 0 aliphatic heterocycles. The van der Waals surface area contributed by atoms with Crippen molar-refractivity contribution in [2.24, 2.45) is 0 Å². The normalized spacial score (nSPS) is 10.6. The minimum Gasteiger partial charge on any atom is -0.335 e. The van der Waals surface area contributed by atoms with Crippen molar-refractivity contribution in [3.63, 3.8) is 0 Å². The van der Waals surface area contributed by atoms with Gasteiger partial charge in [-0.3, -0.25) is 0 Å². The first-order chi connectivity index (χ1) is 11.9. The molecule has 1 aromatic heterocycles. The maximum absolute atomic E-state index is 13.8. The summed E-state index contributed by atoms with van der Waals surface area (Å²) in [5.74, 6) is -1.66. The Morgan fingerprint density at radius 2 is 1.60 bits per heavy atom. The molecule has 25 heavy (non-hydrogen) atoms. The van der Waals surface area contributed by atoms with Crippen LogP contribution in [0.4, 0.5) is 36.3 Å². The minimum absolute atomic E-state index is 0.0515. The standard InChI is InChI=1S/C17H12ClF3N4/c1-9-7-15(24-16-13(20)3-2-4-14(16)21)25-17(22-9)23-10-5-6-12(19)11(18)8-10/h2-8H,1H3,(H2,22,23,24,25). The lowest BCUT2D eigenvalue weighted by Crippen LogP contribution is -2.04. The second-order valence-electron chi connectivity index (χ2n) is 5.19. The number of benzene rings is 2. The molecular weight excluding hydrogens is 353 g/mol. The zero-order valence-corrected chi connectivity index (χ0v) is 13.7. The average Bonchev–Trinajstić information content (AvgIpc) is 2.54. The lowest BCUT2D eigenvalue weighted by atomic mass is 10.3. The molecule has 0 bridgehead atoms. The largest absolute Gasteiger partial charge is 0.335 e. The summed E-state index contributed by atoms with van der Waals surface area (Å²) in [6, 6.07) is 9.14. The van der Waals surface area contributed by atoms with Gasteiger partial charge in [0.15, 0.2) is 0 Å². The van der Waals surface area contributed by atoms with Crippen LogP contribution in [0.25, 0.3) is 0 Å². The van der Waals surface area contributed by atoms with E-state index in [9.17, 15) is 13.2 Å². The summed E-state index contributed by atoms with van der Waals surface area (Å²) in [5.41, 5.74) is 0.723. The predicted octanol–water partition coefficient (Wildman–Crippen LogP) is 5.34. The van der Waals surface area contributed by atoms with E-state index in [1.165, 1.54) is 30.3 Å². The quantitative estimate of drug-likeness (QED) is 0.655. The van der Waals surface area contributed by atoms with Gasteiger partial charge in [-0.2, -0.15) is 4.98 Å². The molecule has 3 aromatic rings. The summed E-state index contributed by atoms with van der Waals surface area (Å²) in [7, 11) is 0. The number of nitrogens with zero attached hydrogens (tertiary/aromatic N) is 2. The fraction of sp³-hybridized carbons (Fsp3) is 0.0588. The molecule has 4 nitrogen and oxygen atoms in total. The Morgan fingerprint density at radius 1 is 0.880 bits per heavy atom. The van der Waals surface area contributed by atoms with Gasteiger partial charge in [-0.1, -0.05) is 17.7 Å². The number of aryl methyl sites for hydroxylation is 1. The van der Waals surface area contributed by atoms with Crippen LogP contribution in [0, 0.1) is 24.4 Å². The lowest BCUT2D eigenvalue weighted by Gasteiger charge is -2.11. The fourth-order valence-corrected chi connectivity index (χ4v) is 2.32. The maximum Gasteiger partial charge on any atom is 0.229 e. The van der Waals surface area contributed by atoms with Crippen molar-refractivity contribution in [1.29, 1.82) is 0 Å². The van der Waals surface area contributed by atoms with Crippen LogP contribution >= 0.6 is 11.6 Å². The molecular formula is C17H12ClF3N4. The van der Waals surface area contributed by atoms with Crippen molar-refractivity contribution in [2.45, 2.75) is 6.92 Å². The zero-order valence-electron chi connectivity index (χ0n) is 12.9. The summed E-state index contributed by atoms with van der Waals surface area (Å²) in [6.45, 7) is 1.70. The maximum atomic E-state index is 13.8. The van der Waals surface area contributed by atoms with Gasteiger partial charge in [-0.15, -0.1) is 0 Å². The Bertz CT molecular complexity index is 914. The van der Waals surface area contributed by atoms with Crippen LogP contribution in [-0.2, 0) is 0 Å². The molecule has 0 spiro atoms. The minimum atomic E-state index is -0.740. The number of anilines is 4. The number of para-hydroxylation sites is 1. The highest BCUT2D eigenvalue weighted by atomic mass is 35.5. The van der Waals surface area contributed by atoms with Gasteiger partial charge in [0, 0.05) is 17.4 Å². The summed E-state index contributed by atoms with van der Waals surface area (Å²) < 4.78 is 40.7. The van der Waals surface area contributed by atoms with Gasteiger partial charge in [0.05, 0.1) is 5.02 Å². The predicted molar refractivity (Wildman–Crippen MR) is 91.1 cm³/mol. The van der Waals surface area contributed by atoms with Crippen LogP contribution in [-0.4, -0.2) is 9.97 Å². The summed E-state index contributed by atoms with van der Waals surface area (Å²) in [4.78, 5) is 8.34. The van der Waals surface area contributed by atoms with Gasteiger partial charge < -0.3 is 10.6 Å². The van der Waals surface area contributed by atoms with E-state index in [0.29, 0.717) is 11.4 Å². The van der Waals surface area contributed by atoms with E-state index in [1.54, 1.807) is 6.92 Å². The highest BCUT2D eigenvalue weighted by Crippen LogP contribution is 2.25. The molecule has 0 unspecified atom stereocenters. The molecule has 0 aliphatic rings. The lowest BCUT2D eigenvalue weighted by molar-refractivity contribution is 0.590. The monoisotopic (exact) mass is 364 g/mol. The number of aromatic nitrogens is 2. The second kappa shape index (κ2) is 6.98. The van der Waals surface area contributed by atoms with Crippen molar-refractivity contribution < 1.29 is 13.2 Å². The smallest absolute Gasteiger partial charge is 0.229 e. The molecule has 3 rings (SSSR count). The topological polar surface area (TPSA) is 49.8 Å². The third-order valence-electron chi connectivity index (χ3n) is 3.25. The molecule has 8 heteroatoms. The van der Waals surface area contributed by atoms with Gasteiger partial charge >= 0.3 is 0 Å². The molecule has 0 saturated carbocycles. The van der Waals surface area contributed by atoms with E-state index in [4.69, 9.17) is 11.6 Å².